The first-order chi connectivity index (χ1) is 67.7. The minimum atomic E-state index is -1.03. The van der Waals surface area contributed by atoms with Gasteiger partial charge in [0, 0.05) is 151 Å². The van der Waals surface area contributed by atoms with Gasteiger partial charge in [-0.25, -0.2) is 48.9 Å². The summed E-state index contributed by atoms with van der Waals surface area (Å²) in [5.41, 5.74) is 35.4. The molecule has 0 unspecified atom stereocenters. The van der Waals surface area contributed by atoms with E-state index in [-0.39, 0.29) is 95.6 Å². The number of nitrogen functional groups attached to an aromatic ring is 7. The Labute approximate surface area is 806 Å². The van der Waals surface area contributed by atoms with Gasteiger partial charge in [-0.3, -0.25) is 110 Å². The molecule has 0 fully saturated rings. The summed E-state index contributed by atoms with van der Waals surface area (Å²) in [7, 11) is 0. The molecule has 8 heterocycles. The highest BCUT2D eigenvalue weighted by Gasteiger charge is 2.29. The third-order valence-corrected chi connectivity index (χ3v) is 21.2. The van der Waals surface area contributed by atoms with Crippen molar-refractivity contribution >= 4 is 158 Å². The predicted molar refractivity (Wildman–Crippen MR) is 510 cm³/mol. The maximum Gasteiger partial charge on any atom is 0.349 e. The Kier molecular flexibility index (Phi) is 39.8. The molecule has 0 aliphatic carbocycles. The van der Waals surface area contributed by atoms with Crippen molar-refractivity contribution in [2.75, 3.05) is 207 Å². The Hall–Kier alpha value is -17.9. The molecule has 0 atom stereocenters. The van der Waals surface area contributed by atoms with Crippen molar-refractivity contribution in [2.45, 2.75) is 53.1 Å². The molecule has 25 N–H and O–H groups in total. The fourth-order valence-electron chi connectivity index (χ4n) is 13.2. The second kappa shape index (κ2) is 52.5. The summed E-state index contributed by atoms with van der Waals surface area (Å²) < 4.78 is 5.79. The van der Waals surface area contributed by atoms with E-state index in [4.69, 9.17) is 40.1 Å². The van der Waals surface area contributed by atoms with Crippen LogP contribution in [0.3, 0.4) is 0 Å². The molecule has 0 spiro atoms. The van der Waals surface area contributed by atoms with Gasteiger partial charge in [0.25, 0.3) is 11.1 Å². The van der Waals surface area contributed by atoms with E-state index in [0.29, 0.717) is 17.3 Å². The number of fused-ring (bicyclic) bond motifs is 1. The number of rotatable bonds is 53. The van der Waals surface area contributed by atoms with Crippen LogP contribution in [0.4, 0.5) is 52.0 Å². The summed E-state index contributed by atoms with van der Waals surface area (Å²) in [6.45, 7) is -12.0. The topological polar surface area (TPSA) is 836 Å². The highest BCUT2D eigenvalue weighted by molar-refractivity contribution is 7.98. The molecule has 0 bridgehead atoms. The number of nitrogens with zero attached hydrogens (tertiary/aromatic N) is 21. The standard InChI is InChI=1S/C81H107N39O21S/c1-48-29-118(80(140)106-75(48)135)41-66(132)111(24-14-92-56(122)32-109(21-11-89-47-142-3)63(129)38-115-18-8-52(83)103-77(115)137)35-59(125)95-16-26-113(68(134)43-120-46-101-70-72(88)98-45-100-74(70)120)36-60(126)94-15-25-112(67(133)42-119-30-49(2)76(136)107-81(119)141)34-58(124)93-13-23-110(64(130)39-116-19-9-53(84)104-78(116)138)33-57(123)90-12-22-108(62(128)28-96-73-69(86)71(87)97-44-99-73)31-55(121)91-17-27-114(37-61(127)102-51-6-4-50(82)5-7-51)65(131)40-117-20-10-54(85)105-79(117)139/h4-10,18-20,29-30,44-46,89H,11-17,21-28,31-43,47,82,86H2,1-3H3,(H,90,123)(H,91,121)(H,92,122)(H,93,124)(H,94,126)(H,95,125)(H,102,127)(H2,83,103,137)(H2,84,104,138)(H2,85,105,139)(H2,88,98,100)(H,106,135,140)(H,107,136,141)(H3,87,96,97,99). The van der Waals surface area contributed by atoms with Crippen molar-refractivity contribution in [2.24, 2.45) is 0 Å². The van der Waals surface area contributed by atoms with Gasteiger partial charge in [-0.2, -0.15) is 15.0 Å². The van der Waals surface area contributed by atoms with Crippen molar-refractivity contribution in [3.8, 4) is 0 Å². The average molecular weight is 2000 g/mol. The molecule has 0 radical (unpaired) electrons. The summed E-state index contributed by atoms with van der Waals surface area (Å²) in [5.74, 6) is -11.8. The zero-order chi connectivity index (χ0) is 103. The number of hydrogen-bond acceptors (Lipinski definition) is 39. The van der Waals surface area contributed by atoms with Crippen LogP contribution in [0, 0.1) is 13.8 Å². The van der Waals surface area contributed by atoms with Crippen LogP contribution in [0.15, 0.2) is 126 Å². The van der Waals surface area contributed by atoms with E-state index in [1.807, 2.05) is 6.26 Å². The predicted octanol–water partition coefficient (Wildman–Crippen LogP) is -12.7. The van der Waals surface area contributed by atoms with Gasteiger partial charge in [0.2, 0.25) is 82.7 Å². The zero-order valence-electron chi connectivity index (χ0n) is 77.1. The molecule has 61 heteroatoms. The lowest BCUT2D eigenvalue weighted by Gasteiger charge is -2.26. The molecule has 0 aliphatic heterocycles. The number of hydrogen-bond donors (Lipinski definition) is 18. The van der Waals surface area contributed by atoms with Crippen molar-refractivity contribution in [3.05, 3.63) is 177 Å². The molecular formula is C81H107N39O21S. The van der Waals surface area contributed by atoms with Crippen molar-refractivity contribution in [1.82, 2.24) is 149 Å². The minimum Gasteiger partial charge on any atom is -0.399 e. The van der Waals surface area contributed by atoms with E-state index < -0.39 is 273 Å². The molecule has 1 aromatic carbocycles. The van der Waals surface area contributed by atoms with Gasteiger partial charge in [0.15, 0.2) is 23.1 Å². The Balaban J connectivity index is 0.864. The van der Waals surface area contributed by atoms with Gasteiger partial charge >= 0.3 is 28.4 Å². The number of nitrogens with one attached hydrogen (secondary N) is 11. The van der Waals surface area contributed by atoms with Gasteiger partial charge in [0.05, 0.1) is 58.7 Å². The first-order valence-electron chi connectivity index (χ1n) is 43.2. The van der Waals surface area contributed by atoms with Crippen LogP contribution in [0.5, 0.6) is 0 Å². The number of imidazole rings is 1. The number of anilines is 9. The summed E-state index contributed by atoms with van der Waals surface area (Å²) in [4.78, 5) is 327. The van der Waals surface area contributed by atoms with E-state index in [1.54, 1.807) is 0 Å². The fraction of sp³-hybridized carbons (Fsp3) is 0.395. The number of thioether (sulfide) groups is 1. The van der Waals surface area contributed by atoms with E-state index in [9.17, 15) is 101 Å². The second-order valence-electron chi connectivity index (χ2n) is 31.3. The number of amides is 14. The van der Waals surface area contributed by atoms with Gasteiger partial charge in [-0.1, -0.05) is 0 Å². The number of nitrogens with two attached hydrogens (primary N) is 7. The van der Waals surface area contributed by atoms with Crippen LogP contribution >= 0.6 is 11.8 Å². The van der Waals surface area contributed by atoms with Crippen LogP contribution in [-0.2, 0) is 106 Å². The zero-order valence-corrected chi connectivity index (χ0v) is 77.9. The van der Waals surface area contributed by atoms with Crippen LogP contribution in [-0.4, -0.2) is 350 Å². The third kappa shape index (κ3) is 33.5. The molecular weight excluding hydrogens is 1890 g/mol. The number of aromatic amines is 2. The highest BCUT2D eigenvalue weighted by Crippen LogP contribution is 2.20. The molecule has 0 saturated heterocycles. The second-order valence-corrected chi connectivity index (χ2v) is 32.1. The monoisotopic (exact) mass is 1990 g/mol. The Morgan fingerprint density at radius 3 is 1.06 bits per heavy atom. The van der Waals surface area contributed by atoms with Crippen LogP contribution in [0.1, 0.15) is 11.1 Å². The van der Waals surface area contributed by atoms with Gasteiger partial charge in [-0.15, -0.1) is 11.8 Å². The number of carbonyl (C=O) groups is 14. The lowest BCUT2D eigenvalue weighted by atomic mass is 10.3. The molecule has 0 saturated carbocycles. The maximum atomic E-state index is 14.5. The largest absolute Gasteiger partial charge is 0.399 e. The molecule has 9 rings (SSSR count). The normalized spacial score (nSPS) is 10.9. The molecule has 758 valence electrons. The van der Waals surface area contributed by atoms with E-state index in [1.165, 1.54) is 96.3 Å². The fourth-order valence-corrected chi connectivity index (χ4v) is 13.5. The molecule has 8 aromatic heterocycles. The van der Waals surface area contributed by atoms with Crippen molar-refractivity contribution in [1.29, 1.82) is 0 Å². The minimum absolute atomic E-state index is 0.000478. The van der Waals surface area contributed by atoms with Gasteiger partial charge in [-0.05, 0) is 62.6 Å². The SMILES string of the molecule is CSCNCCN(CC(=O)NCCN(CC(=O)NCCN(CC(=O)NCCN(CC(=O)NCCN(CC(=O)NCCN(CC(=O)NCCN(CC(=O)Nc1ccc(N)cc1)C(=O)Cn1ccc(N)nc1=O)C(=O)CNc1ncnc(N)c1N)C(=O)Cn1ccc(N)nc1=O)C(=O)Cn1cc(C)c(=O)[nH]c1=O)C(=O)Cn1cnc2c(N)ncnc21)C(=O)Cn1cc(C)c(=O)[nH]c1=O)C(=O)Cn1ccc(N)nc1=O. The average Bonchev–Trinajstić information content (AvgIpc) is 1.65. The Morgan fingerprint density at radius 1 is 0.373 bits per heavy atom. The highest BCUT2D eigenvalue weighted by atomic mass is 32.2. The quantitative estimate of drug-likeness (QED) is 0.00956. The molecule has 142 heavy (non-hydrogen) atoms. The Bertz CT molecular complexity index is 6580. The van der Waals surface area contributed by atoms with Crippen molar-refractivity contribution in [3.63, 3.8) is 0 Å². The lowest BCUT2D eigenvalue weighted by Crippen LogP contribution is -2.50. The third-order valence-electron chi connectivity index (χ3n) is 20.7. The number of H-pyrrole nitrogens is 2. The summed E-state index contributed by atoms with van der Waals surface area (Å²) in [6.07, 6.45) is 11.0. The van der Waals surface area contributed by atoms with Crippen LogP contribution in [0.25, 0.3) is 11.2 Å². The lowest BCUT2D eigenvalue weighted by molar-refractivity contribution is -0.138. The Morgan fingerprint density at radius 2 is 0.697 bits per heavy atom. The number of carbonyl (C=O) groups excluding carboxylic acids is 14. The molecule has 60 nitrogen and oxygen atoms in total. The van der Waals surface area contributed by atoms with Crippen LogP contribution in [0.2, 0.25) is 0 Å². The van der Waals surface area contributed by atoms with Gasteiger partial charge < -0.3 is 127 Å². The van der Waals surface area contributed by atoms with Gasteiger partial charge in [0.1, 0.15) is 80.6 Å². The maximum absolute atomic E-state index is 14.5. The summed E-state index contributed by atoms with van der Waals surface area (Å²) in [5, 5.41) is 23.9. The van der Waals surface area contributed by atoms with Crippen LogP contribution < -0.4 is 128 Å². The van der Waals surface area contributed by atoms with E-state index in [2.05, 4.69) is 97.7 Å². The first-order valence-corrected chi connectivity index (χ1v) is 44.6. The number of aromatic nitrogens is 16. The van der Waals surface area contributed by atoms with Crippen molar-refractivity contribution < 1.29 is 67.1 Å². The van der Waals surface area contributed by atoms with E-state index in [0.717, 1.165) is 83.5 Å². The number of benzene rings is 1. The molecule has 0 aliphatic rings. The number of aryl methyl sites for hydroxylation is 2. The van der Waals surface area contributed by atoms with E-state index >= 15 is 0 Å². The smallest absolute Gasteiger partial charge is 0.349 e. The molecule has 14 amide bonds. The summed E-state index contributed by atoms with van der Waals surface area (Å²) in [6, 6.07) is 9.87. The molecule has 9 aromatic rings. The summed E-state index contributed by atoms with van der Waals surface area (Å²) >= 11 is 1.46. The first kappa shape index (κ1) is 108.